The number of aryl methyl sites for hydroxylation is 1. The number of nitrogens with zero attached hydrogens (tertiary/aromatic N) is 3. The molecule has 0 atom stereocenters. The fourth-order valence-electron chi connectivity index (χ4n) is 3.51. The topological polar surface area (TPSA) is 73.0 Å². The summed E-state index contributed by atoms with van der Waals surface area (Å²) in [5.41, 5.74) is 5.26. The average Bonchev–Trinajstić information content (AvgIpc) is 3.50. The highest BCUT2D eigenvalue weighted by Crippen LogP contribution is 2.22. The molecule has 3 aromatic carbocycles. The van der Waals surface area contributed by atoms with Gasteiger partial charge in [0.1, 0.15) is 22.6 Å². The van der Waals surface area contributed by atoms with Gasteiger partial charge in [0.25, 0.3) is 0 Å². The largest absolute Gasteiger partial charge is 0.457 e. The van der Waals surface area contributed by atoms with E-state index < -0.39 is 0 Å². The number of aromatic nitrogens is 3. The number of fused-ring (bicyclic) bond motifs is 1. The van der Waals surface area contributed by atoms with Crippen molar-refractivity contribution < 1.29 is 9.21 Å². The van der Waals surface area contributed by atoms with Crippen LogP contribution in [0.5, 0.6) is 0 Å². The zero-order chi connectivity index (χ0) is 22.6. The average molecular weight is 434 g/mol. The van der Waals surface area contributed by atoms with Crippen LogP contribution in [0, 0.1) is 0 Å². The number of carbonyl (C=O) groups excluding carboxylic acids is 1. The van der Waals surface area contributed by atoms with Crippen molar-refractivity contribution >= 4 is 28.7 Å². The van der Waals surface area contributed by atoms with Gasteiger partial charge in [-0.25, -0.2) is 0 Å². The van der Waals surface area contributed by atoms with E-state index in [2.05, 4.69) is 34.6 Å². The number of amides is 1. The van der Waals surface area contributed by atoms with Crippen LogP contribution in [0.1, 0.15) is 18.2 Å². The fourth-order valence-corrected chi connectivity index (χ4v) is 3.51. The molecule has 5 aromatic rings. The van der Waals surface area contributed by atoms with E-state index in [1.165, 1.54) is 11.6 Å². The Labute approximate surface area is 191 Å². The van der Waals surface area contributed by atoms with Crippen molar-refractivity contribution in [2.45, 2.75) is 13.3 Å². The second kappa shape index (κ2) is 8.96. The molecule has 0 spiro atoms. The van der Waals surface area contributed by atoms with Crippen molar-refractivity contribution in [2.24, 2.45) is 0 Å². The quantitative estimate of drug-likeness (QED) is 0.338. The normalized spacial score (nSPS) is 11.3. The molecule has 0 fully saturated rings. The maximum Gasteiger partial charge on any atom is 0.248 e. The summed E-state index contributed by atoms with van der Waals surface area (Å²) in [5.74, 6) is 1.11. The predicted molar refractivity (Wildman–Crippen MR) is 130 cm³/mol. The van der Waals surface area contributed by atoms with Crippen molar-refractivity contribution in [1.82, 2.24) is 15.0 Å². The SMILES string of the molecule is CCc1ccc(-n2nc3ccc(NC(=O)/C=C/c4ccc(-c5ccccc5)o4)cc3n2)cc1. The molecule has 1 amide bonds. The Kier molecular flexibility index (Phi) is 5.55. The molecule has 6 heteroatoms. The molecule has 6 nitrogen and oxygen atoms in total. The minimum absolute atomic E-state index is 0.255. The van der Waals surface area contributed by atoms with Gasteiger partial charge in [-0.15, -0.1) is 10.2 Å². The first-order chi connectivity index (χ1) is 16.2. The summed E-state index contributed by atoms with van der Waals surface area (Å²) >= 11 is 0. The molecular weight excluding hydrogens is 412 g/mol. The van der Waals surface area contributed by atoms with Crippen LogP contribution in [-0.2, 0) is 11.2 Å². The van der Waals surface area contributed by atoms with Crippen LogP contribution < -0.4 is 5.32 Å². The molecule has 0 aliphatic heterocycles. The molecule has 0 aliphatic carbocycles. The Morgan fingerprint density at radius 3 is 2.52 bits per heavy atom. The molecule has 0 aliphatic rings. The number of anilines is 1. The lowest BCUT2D eigenvalue weighted by atomic mass is 10.2. The first-order valence-electron chi connectivity index (χ1n) is 10.8. The van der Waals surface area contributed by atoms with Gasteiger partial charge in [-0.1, -0.05) is 49.4 Å². The Morgan fingerprint density at radius 1 is 0.939 bits per heavy atom. The molecule has 1 N–H and O–H groups in total. The Hall–Kier alpha value is -4.45. The highest BCUT2D eigenvalue weighted by Gasteiger charge is 2.08. The first kappa shape index (κ1) is 20.5. The van der Waals surface area contributed by atoms with Gasteiger partial charge in [-0.05, 0) is 60.5 Å². The van der Waals surface area contributed by atoms with Crippen molar-refractivity contribution in [1.29, 1.82) is 0 Å². The van der Waals surface area contributed by atoms with Crippen LogP contribution in [-0.4, -0.2) is 20.9 Å². The van der Waals surface area contributed by atoms with Crippen molar-refractivity contribution in [3.8, 4) is 17.0 Å². The number of hydrogen-bond acceptors (Lipinski definition) is 4. The number of rotatable bonds is 6. The van der Waals surface area contributed by atoms with Gasteiger partial charge in [0.05, 0.1) is 5.69 Å². The number of carbonyl (C=O) groups is 1. The zero-order valence-electron chi connectivity index (χ0n) is 18.1. The second-order valence-electron chi connectivity index (χ2n) is 7.60. The van der Waals surface area contributed by atoms with Crippen molar-refractivity contribution in [3.05, 3.63) is 102 Å². The van der Waals surface area contributed by atoms with E-state index in [4.69, 9.17) is 4.42 Å². The number of furan rings is 1. The van der Waals surface area contributed by atoms with E-state index in [1.807, 2.05) is 72.8 Å². The van der Waals surface area contributed by atoms with Gasteiger partial charge in [0.2, 0.25) is 5.91 Å². The van der Waals surface area contributed by atoms with Crippen molar-refractivity contribution in [3.63, 3.8) is 0 Å². The molecule has 5 rings (SSSR count). The third-order valence-electron chi connectivity index (χ3n) is 5.31. The molecule has 0 bridgehead atoms. The van der Waals surface area contributed by atoms with Gasteiger partial charge >= 0.3 is 0 Å². The predicted octanol–water partition coefficient (Wildman–Crippen LogP) is 5.89. The maximum atomic E-state index is 12.4. The monoisotopic (exact) mass is 434 g/mol. The van der Waals surface area contributed by atoms with Gasteiger partial charge < -0.3 is 9.73 Å². The fraction of sp³-hybridized carbons (Fsp3) is 0.0741. The van der Waals surface area contributed by atoms with Crippen LogP contribution >= 0.6 is 0 Å². The summed E-state index contributed by atoms with van der Waals surface area (Å²) in [4.78, 5) is 14.0. The molecular formula is C27H22N4O2. The zero-order valence-corrected chi connectivity index (χ0v) is 18.1. The van der Waals surface area contributed by atoms with E-state index in [-0.39, 0.29) is 5.91 Å². The van der Waals surface area contributed by atoms with Gasteiger partial charge in [0, 0.05) is 17.3 Å². The molecule has 162 valence electrons. The summed E-state index contributed by atoms with van der Waals surface area (Å²) in [6.07, 6.45) is 4.08. The molecule has 0 unspecified atom stereocenters. The van der Waals surface area contributed by atoms with Crippen LogP contribution in [0.3, 0.4) is 0 Å². The smallest absolute Gasteiger partial charge is 0.248 e. The molecule has 2 heterocycles. The van der Waals surface area contributed by atoms with Gasteiger partial charge in [-0.3, -0.25) is 4.79 Å². The van der Waals surface area contributed by atoms with E-state index >= 15 is 0 Å². The summed E-state index contributed by atoms with van der Waals surface area (Å²) in [6, 6.07) is 27.2. The summed E-state index contributed by atoms with van der Waals surface area (Å²) in [7, 11) is 0. The number of nitrogens with one attached hydrogen (secondary N) is 1. The standard InChI is InChI=1S/C27H22N4O2/c1-2-19-8-11-22(12-9-19)31-29-24-15-10-21(18-25(24)30-31)28-27(32)17-14-23-13-16-26(33-23)20-6-4-3-5-7-20/h3-18H,2H2,1H3,(H,28,32)/b17-14+. The van der Waals surface area contributed by atoms with E-state index in [0.717, 1.165) is 28.9 Å². The van der Waals surface area contributed by atoms with Gasteiger partial charge in [0.15, 0.2) is 0 Å². The van der Waals surface area contributed by atoms with Crippen molar-refractivity contribution in [2.75, 3.05) is 5.32 Å². The number of benzene rings is 3. The Bertz CT molecular complexity index is 1430. The minimum atomic E-state index is -0.255. The maximum absolute atomic E-state index is 12.4. The highest BCUT2D eigenvalue weighted by atomic mass is 16.3. The van der Waals surface area contributed by atoms with Crippen LogP contribution in [0.15, 0.2) is 95.4 Å². The van der Waals surface area contributed by atoms with Crippen LogP contribution in [0.4, 0.5) is 5.69 Å². The third-order valence-corrected chi connectivity index (χ3v) is 5.31. The minimum Gasteiger partial charge on any atom is -0.457 e. The Balaban J connectivity index is 1.27. The lowest BCUT2D eigenvalue weighted by Crippen LogP contribution is -2.07. The molecule has 0 saturated carbocycles. The van der Waals surface area contributed by atoms with Gasteiger partial charge in [-0.2, -0.15) is 4.80 Å². The molecule has 0 radical (unpaired) electrons. The number of hydrogen-bond donors (Lipinski definition) is 1. The second-order valence-corrected chi connectivity index (χ2v) is 7.60. The van der Waals surface area contributed by atoms with E-state index in [9.17, 15) is 4.79 Å². The van der Waals surface area contributed by atoms with E-state index in [1.54, 1.807) is 10.9 Å². The summed E-state index contributed by atoms with van der Waals surface area (Å²) in [6.45, 7) is 2.12. The Morgan fingerprint density at radius 2 is 1.73 bits per heavy atom. The summed E-state index contributed by atoms with van der Waals surface area (Å²) < 4.78 is 5.80. The summed E-state index contributed by atoms with van der Waals surface area (Å²) in [5, 5.41) is 11.9. The highest BCUT2D eigenvalue weighted by molar-refractivity contribution is 6.02. The molecule has 0 saturated heterocycles. The molecule has 2 aromatic heterocycles. The first-order valence-corrected chi connectivity index (χ1v) is 10.8. The third kappa shape index (κ3) is 4.60. The lowest BCUT2D eigenvalue weighted by Gasteiger charge is -2.01. The lowest BCUT2D eigenvalue weighted by molar-refractivity contribution is -0.111. The van der Waals surface area contributed by atoms with Crippen LogP contribution in [0.2, 0.25) is 0 Å². The molecule has 33 heavy (non-hydrogen) atoms. The van der Waals surface area contributed by atoms with E-state index in [0.29, 0.717) is 17.0 Å². The van der Waals surface area contributed by atoms with Crippen LogP contribution in [0.25, 0.3) is 34.1 Å².